The molecule has 0 aliphatic heterocycles. The first-order valence-electron chi connectivity index (χ1n) is 3.90. The summed E-state index contributed by atoms with van der Waals surface area (Å²) in [5, 5.41) is 0. The Morgan fingerprint density at radius 3 is 2.70 bits per heavy atom. The average molecular weight is 139 g/mol. The summed E-state index contributed by atoms with van der Waals surface area (Å²) >= 11 is 0. The first-order chi connectivity index (χ1) is 4.81. The molecule has 0 saturated carbocycles. The molecule has 1 nitrogen and oxygen atoms in total. The molecule has 0 rings (SSSR count). The van der Waals surface area contributed by atoms with Crippen LogP contribution in [0.3, 0.4) is 0 Å². The zero-order valence-electron chi connectivity index (χ0n) is 7.22. The summed E-state index contributed by atoms with van der Waals surface area (Å²) in [6.07, 6.45) is 7.88. The van der Waals surface area contributed by atoms with Crippen molar-refractivity contribution in [3.05, 3.63) is 11.6 Å². The van der Waals surface area contributed by atoms with E-state index in [-0.39, 0.29) is 0 Å². The summed E-state index contributed by atoms with van der Waals surface area (Å²) in [4.78, 5) is 3.92. The Balaban J connectivity index is 3.47. The van der Waals surface area contributed by atoms with E-state index in [1.165, 1.54) is 24.8 Å². The molecule has 0 fully saturated rings. The van der Waals surface area contributed by atoms with Crippen molar-refractivity contribution in [3.63, 3.8) is 0 Å². The molecule has 0 aliphatic rings. The van der Waals surface area contributed by atoms with Crippen molar-refractivity contribution in [1.82, 2.24) is 0 Å². The van der Waals surface area contributed by atoms with Gasteiger partial charge in [0.15, 0.2) is 0 Å². The lowest BCUT2D eigenvalue weighted by Gasteiger charge is -1.90. The lowest BCUT2D eigenvalue weighted by molar-refractivity contribution is 0.813. The molecule has 0 radical (unpaired) electrons. The lowest BCUT2D eigenvalue weighted by Crippen LogP contribution is -1.77. The second-order valence-electron chi connectivity index (χ2n) is 2.48. The fourth-order valence-corrected chi connectivity index (χ4v) is 0.790. The van der Waals surface area contributed by atoms with Crippen molar-refractivity contribution in [2.75, 3.05) is 7.05 Å². The molecular formula is C9H17N. The molecule has 0 unspecified atom stereocenters. The van der Waals surface area contributed by atoms with Gasteiger partial charge in [-0.25, -0.2) is 0 Å². The van der Waals surface area contributed by atoms with Gasteiger partial charge in [0.05, 0.1) is 0 Å². The fraction of sp³-hybridized carbons (Fsp3) is 0.667. The predicted octanol–water partition coefficient (Wildman–Crippen LogP) is 2.82. The van der Waals surface area contributed by atoms with E-state index in [2.05, 4.69) is 24.9 Å². The van der Waals surface area contributed by atoms with Crippen LogP contribution < -0.4 is 0 Å². The van der Waals surface area contributed by atoms with Crippen LogP contribution in [0.25, 0.3) is 0 Å². The molecule has 1 heteroatoms. The highest BCUT2D eigenvalue weighted by atomic mass is 14.6. The van der Waals surface area contributed by atoms with Crippen LogP contribution in [0, 0.1) is 0 Å². The average Bonchev–Trinajstić information content (AvgIpc) is 1.89. The van der Waals surface area contributed by atoms with Crippen molar-refractivity contribution >= 4 is 6.21 Å². The van der Waals surface area contributed by atoms with Crippen LogP contribution >= 0.6 is 0 Å². The standard InChI is InChI=1S/C9H17N/c1-4-5-6-7-9(2)8-10-3/h7-8H,4-6H2,1-3H3/b9-7-,10-8?. The molecule has 0 spiro atoms. The maximum Gasteiger partial charge on any atom is 0.0277 e. The van der Waals surface area contributed by atoms with Gasteiger partial charge in [-0.3, -0.25) is 4.99 Å². The fourth-order valence-electron chi connectivity index (χ4n) is 0.790. The van der Waals surface area contributed by atoms with Crippen LogP contribution in [0.4, 0.5) is 0 Å². The van der Waals surface area contributed by atoms with Crippen molar-refractivity contribution < 1.29 is 0 Å². The Hall–Kier alpha value is -0.590. The second kappa shape index (κ2) is 6.53. The molecule has 0 amide bonds. The van der Waals surface area contributed by atoms with Gasteiger partial charge in [0.1, 0.15) is 0 Å². The smallest absolute Gasteiger partial charge is 0.0277 e. The monoisotopic (exact) mass is 139 g/mol. The summed E-state index contributed by atoms with van der Waals surface area (Å²) in [5.41, 5.74) is 1.27. The van der Waals surface area contributed by atoms with Gasteiger partial charge < -0.3 is 0 Å². The number of unbranched alkanes of at least 4 members (excludes halogenated alkanes) is 2. The van der Waals surface area contributed by atoms with Gasteiger partial charge in [-0.2, -0.15) is 0 Å². The van der Waals surface area contributed by atoms with E-state index in [4.69, 9.17) is 0 Å². The largest absolute Gasteiger partial charge is 0.296 e. The molecule has 0 bridgehead atoms. The van der Waals surface area contributed by atoms with Gasteiger partial charge in [-0.1, -0.05) is 25.8 Å². The van der Waals surface area contributed by atoms with E-state index in [1.807, 2.05) is 6.21 Å². The normalized spacial score (nSPS) is 12.9. The number of hydrogen-bond donors (Lipinski definition) is 0. The first-order valence-corrected chi connectivity index (χ1v) is 3.90. The quantitative estimate of drug-likeness (QED) is 0.419. The van der Waals surface area contributed by atoms with Gasteiger partial charge in [-0.15, -0.1) is 0 Å². The molecule has 0 aromatic carbocycles. The Morgan fingerprint density at radius 2 is 2.20 bits per heavy atom. The van der Waals surface area contributed by atoms with Crippen molar-refractivity contribution in [3.8, 4) is 0 Å². The zero-order valence-corrected chi connectivity index (χ0v) is 7.22. The minimum Gasteiger partial charge on any atom is -0.296 e. The van der Waals surface area contributed by atoms with E-state index in [0.29, 0.717) is 0 Å². The van der Waals surface area contributed by atoms with Crippen molar-refractivity contribution in [2.45, 2.75) is 33.1 Å². The molecule has 0 aromatic heterocycles. The summed E-state index contributed by atoms with van der Waals surface area (Å²) in [5.74, 6) is 0. The molecular weight excluding hydrogens is 122 g/mol. The van der Waals surface area contributed by atoms with Crippen LogP contribution in [-0.2, 0) is 0 Å². The Labute approximate surface area is 63.9 Å². The molecule has 10 heavy (non-hydrogen) atoms. The third kappa shape index (κ3) is 5.54. The Kier molecular flexibility index (Phi) is 6.14. The van der Waals surface area contributed by atoms with Crippen LogP contribution in [0.1, 0.15) is 33.1 Å². The molecule has 0 aliphatic carbocycles. The van der Waals surface area contributed by atoms with Crippen LogP contribution in [0.15, 0.2) is 16.6 Å². The third-order valence-electron chi connectivity index (χ3n) is 1.36. The number of nitrogens with zero attached hydrogens (tertiary/aromatic N) is 1. The van der Waals surface area contributed by atoms with Gasteiger partial charge >= 0.3 is 0 Å². The van der Waals surface area contributed by atoms with Crippen molar-refractivity contribution in [2.24, 2.45) is 4.99 Å². The molecule has 0 aromatic rings. The van der Waals surface area contributed by atoms with Crippen molar-refractivity contribution in [1.29, 1.82) is 0 Å². The summed E-state index contributed by atoms with van der Waals surface area (Å²) in [7, 11) is 1.80. The number of allylic oxidation sites excluding steroid dienone is 2. The first kappa shape index (κ1) is 9.41. The zero-order chi connectivity index (χ0) is 7.82. The highest BCUT2D eigenvalue weighted by Crippen LogP contribution is 1.98. The maximum absolute atomic E-state index is 3.92. The topological polar surface area (TPSA) is 12.4 Å². The Morgan fingerprint density at radius 1 is 1.50 bits per heavy atom. The van der Waals surface area contributed by atoms with Crippen LogP contribution in [-0.4, -0.2) is 13.3 Å². The highest BCUT2D eigenvalue weighted by molar-refractivity contribution is 5.77. The van der Waals surface area contributed by atoms with Gasteiger partial charge in [0.25, 0.3) is 0 Å². The van der Waals surface area contributed by atoms with E-state index in [1.54, 1.807) is 7.05 Å². The Bertz CT molecular complexity index is 123. The number of aliphatic imine (C=N–C) groups is 1. The number of hydrogen-bond acceptors (Lipinski definition) is 1. The minimum absolute atomic E-state index is 1.19. The van der Waals surface area contributed by atoms with Crippen LogP contribution in [0.2, 0.25) is 0 Å². The molecule has 58 valence electrons. The van der Waals surface area contributed by atoms with E-state index >= 15 is 0 Å². The molecule has 0 N–H and O–H groups in total. The van der Waals surface area contributed by atoms with E-state index in [9.17, 15) is 0 Å². The van der Waals surface area contributed by atoms with Crippen LogP contribution in [0.5, 0.6) is 0 Å². The predicted molar refractivity (Wildman–Crippen MR) is 47.7 cm³/mol. The third-order valence-corrected chi connectivity index (χ3v) is 1.36. The van der Waals surface area contributed by atoms with E-state index in [0.717, 1.165) is 0 Å². The summed E-state index contributed by atoms with van der Waals surface area (Å²) < 4.78 is 0. The van der Waals surface area contributed by atoms with Gasteiger partial charge in [-0.05, 0) is 18.9 Å². The summed E-state index contributed by atoms with van der Waals surface area (Å²) in [6.45, 7) is 4.29. The maximum atomic E-state index is 3.92. The lowest BCUT2D eigenvalue weighted by atomic mass is 10.2. The molecule has 0 heterocycles. The second-order valence-corrected chi connectivity index (χ2v) is 2.48. The minimum atomic E-state index is 1.19. The molecule has 0 saturated heterocycles. The highest BCUT2D eigenvalue weighted by Gasteiger charge is 1.81. The SMILES string of the molecule is CCCC/C=C(/C)C=NC. The van der Waals surface area contributed by atoms with Gasteiger partial charge in [0, 0.05) is 13.3 Å². The van der Waals surface area contributed by atoms with Gasteiger partial charge in [0.2, 0.25) is 0 Å². The number of rotatable bonds is 4. The summed E-state index contributed by atoms with van der Waals surface area (Å²) in [6, 6.07) is 0. The molecule has 0 atom stereocenters. The van der Waals surface area contributed by atoms with E-state index < -0.39 is 0 Å².